The Balaban J connectivity index is 2.68. The number of Topliss-reactive ketones (excluding diaryl/α,β-unsaturated/α-hetero) is 1. The highest BCUT2D eigenvalue weighted by atomic mass is 16.5. The molecule has 2 rings (SSSR count). The molecule has 0 atom stereocenters. The quantitative estimate of drug-likeness (QED) is 0.814. The summed E-state index contributed by atoms with van der Waals surface area (Å²) >= 11 is 0. The molecule has 1 N–H and O–H groups in total. The summed E-state index contributed by atoms with van der Waals surface area (Å²) in [6.07, 6.45) is 4.38. The van der Waals surface area contributed by atoms with Crippen LogP contribution in [0.1, 0.15) is 49.2 Å². The van der Waals surface area contributed by atoms with Crippen molar-refractivity contribution in [3.63, 3.8) is 0 Å². The van der Waals surface area contributed by atoms with Crippen molar-refractivity contribution < 1.29 is 14.6 Å². The molecule has 0 bridgehead atoms. The van der Waals surface area contributed by atoms with E-state index in [1.807, 2.05) is 39.0 Å². The van der Waals surface area contributed by atoms with Gasteiger partial charge in [-0.3, -0.25) is 4.79 Å². The van der Waals surface area contributed by atoms with Crippen LogP contribution in [0.25, 0.3) is 6.08 Å². The van der Waals surface area contributed by atoms with E-state index in [2.05, 4.69) is 0 Å². The van der Waals surface area contributed by atoms with Crippen LogP contribution in [0.15, 0.2) is 12.1 Å². The molecule has 1 aliphatic rings. The fraction of sp³-hybridized carbons (Fsp3) is 0.400. The summed E-state index contributed by atoms with van der Waals surface area (Å²) in [7, 11) is 0. The van der Waals surface area contributed by atoms with Crippen molar-refractivity contribution in [2.75, 3.05) is 0 Å². The number of benzene rings is 1. The van der Waals surface area contributed by atoms with Gasteiger partial charge in [0, 0.05) is 0 Å². The maximum absolute atomic E-state index is 11.6. The number of carbonyl (C=O) groups is 1. The van der Waals surface area contributed by atoms with E-state index in [0.29, 0.717) is 23.3 Å². The van der Waals surface area contributed by atoms with Crippen LogP contribution in [0.5, 0.6) is 11.5 Å². The molecule has 1 aromatic rings. The van der Waals surface area contributed by atoms with Crippen molar-refractivity contribution in [3.8, 4) is 11.5 Å². The van der Waals surface area contributed by atoms with Crippen LogP contribution in [0.2, 0.25) is 0 Å². The zero-order valence-electron chi connectivity index (χ0n) is 11.2. The first-order valence-corrected chi connectivity index (χ1v) is 6.13. The molecule has 0 aliphatic carbocycles. The molecule has 3 nitrogen and oxygen atoms in total. The molecule has 0 radical (unpaired) electrons. The first-order chi connectivity index (χ1) is 8.35. The fourth-order valence-electron chi connectivity index (χ4n) is 2.23. The van der Waals surface area contributed by atoms with Gasteiger partial charge in [-0.2, -0.15) is 0 Å². The summed E-state index contributed by atoms with van der Waals surface area (Å²) in [5.74, 6) is 0.552. The number of phenols is 1. The molecule has 0 amide bonds. The van der Waals surface area contributed by atoms with Crippen LogP contribution in [0.4, 0.5) is 0 Å². The minimum atomic E-state index is -0.387. The Hall–Kier alpha value is -1.77. The van der Waals surface area contributed by atoms with Gasteiger partial charge in [-0.05, 0) is 51.0 Å². The van der Waals surface area contributed by atoms with E-state index in [0.717, 1.165) is 5.56 Å². The number of aromatic hydroxyl groups is 1. The molecule has 0 saturated heterocycles. The van der Waals surface area contributed by atoms with Crippen LogP contribution in [0.3, 0.4) is 0 Å². The molecule has 0 saturated carbocycles. The average molecular weight is 246 g/mol. The molecule has 96 valence electrons. The predicted octanol–water partition coefficient (Wildman–Crippen LogP) is 3.34. The number of ether oxygens (including phenoxy) is 1. The second-order valence-electron chi connectivity index (χ2n) is 5.12. The summed E-state index contributed by atoms with van der Waals surface area (Å²) in [5, 5.41) is 10.2. The highest BCUT2D eigenvalue weighted by Crippen LogP contribution is 2.40. The smallest absolute Gasteiger partial charge is 0.163 e. The Bertz CT molecular complexity index is 539. The third kappa shape index (κ3) is 2.01. The molecule has 1 aromatic carbocycles. The number of hydrogen-bond donors (Lipinski definition) is 1. The van der Waals surface area contributed by atoms with Crippen LogP contribution >= 0.6 is 0 Å². The normalized spacial score (nSPS) is 16.0. The van der Waals surface area contributed by atoms with Gasteiger partial charge in [0.2, 0.25) is 0 Å². The van der Waals surface area contributed by atoms with Gasteiger partial charge in [-0.1, -0.05) is 6.92 Å². The van der Waals surface area contributed by atoms with E-state index in [1.165, 1.54) is 6.92 Å². The molecule has 1 aliphatic heterocycles. The maximum Gasteiger partial charge on any atom is 0.163 e. The maximum atomic E-state index is 11.6. The first kappa shape index (κ1) is 12.7. The minimum Gasteiger partial charge on any atom is -0.506 e. The second-order valence-corrected chi connectivity index (χ2v) is 5.12. The van der Waals surface area contributed by atoms with Gasteiger partial charge in [-0.15, -0.1) is 0 Å². The predicted molar refractivity (Wildman–Crippen MR) is 71.2 cm³/mol. The third-order valence-electron chi connectivity index (χ3n) is 3.14. The SMILES string of the molecule is CCc1cc2c(c(O)c1C(C)=O)C=CC(C)(C)O2. The molecule has 0 unspecified atom stereocenters. The molecule has 18 heavy (non-hydrogen) atoms. The highest BCUT2D eigenvalue weighted by molar-refractivity contribution is 6.00. The van der Waals surface area contributed by atoms with E-state index in [9.17, 15) is 9.90 Å². The first-order valence-electron chi connectivity index (χ1n) is 6.13. The van der Waals surface area contributed by atoms with Crippen molar-refractivity contribution in [1.82, 2.24) is 0 Å². The van der Waals surface area contributed by atoms with Gasteiger partial charge in [0.1, 0.15) is 17.1 Å². The second kappa shape index (κ2) is 4.16. The number of carbonyl (C=O) groups excluding carboxylic acids is 1. The zero-order chi connectivity index (χ0) is 13.5. The van der Waals surface area contributed by atoms with Gasteiger partial charge in [0.25, 0.3) is 0 Å². The summed E-state index contributed by atoms with van der Waals surface area (Å²) in [5.41, 5.74) is 1.44. The number of ketones is 1. The van der Waals surface area contributed by atoms with E-state index in [1.54, 1.807) is 0 Å². The largest absolute Gasteiger partial charge is 0.506 e. The molecule has 0 fully saturated rings. The molecule has 3 heteroatoms. The molecule has 0 spiro atoms. The topological polar surface area (TPSA) is 46.5 Å². The lowest BCUT2D eigenvalue weighted by atomic mass is 9.93. The number of rotatable bonds is 2. The van der Waals surface area contributed by atoms with E-state index < -0.39 is 0 Å². The van der Waals surface area contributed by atoms with Crippen LogP contribution in [-0.4, -0.2) is 16.5 Å². The summed E-state index contributed by atoms with van der Waals surface area (Å²) in [4.78, 5) is 11.6. The molecule has 1 heterocycles. The Morgan fingerprint density at radius 1 is 1.44 bits per heavy atom. The number of hydrogen-bond acceptors (Lipinski definition) is 3. The lowest BCUT2D eigenvalue weighted by Crippen LogP contribution is -2.27. The summed E-state index contributed by atoms with van der Waals surface area (Å²) in [6, 6.07) is 1.86. The molecular weight excluding hydrogens is 228 g/mol. The van der Waals surface area contributed by atoms with Gasteiger partial charge in [-0.25, -0.2) is 0 Å². The molecular formula is C15H18O3. The van der Waals surface area contributed by atoms with Crippen molar-refractivity contribution in [3.05, 3.63) is 28.8 Å². The number of fused-ring (bicyclic) bond motifs is 1. The van der Waals surface area contributed by atoms with Gasteiger partial charge < -0.3 is 9.84 Å². The summed E-state index contributed by atoms with van der Waals surface area (Å²) in [6.45, 7) is 7.33. The van der Waals surface area contributed by atoms with Crippen molar-refractivity contribution in [2.45, 2.75) is 39.7 Å². The Morgan fingerprint density at radius 2 is 2.11 bits per heavy atom. The van der Waals surface area contributed by atoms with Crippen LogP contribution in [0, 0.1) is 0 Å². The van der Waals surface area contributed by atoms with Crippen LogP contribution in [-0.2, 0) is 6.42 Å². The standard InChI is InChI=1S/C15H18O3/c1-5-10-8-12-11(6-7-15(3,4)18-12)14(17)13(10)9(2)16/h6-8,17H,5H2,1-4H3. The van der Waals surface area contributed by atoms with Crippen molar-refractivity contribution in [2.24, 2.45) is 0 Å². The highest BCUT2D eigenvalue weighted by Gasteiger charge is 2.26. The summed E-state index contributed by atoms with van der Waals surface area (Å²) < 4.78 is 5.82. The Labute approximate surface area is 107 Å². The lowest BCUT2D eigenvalue weighted by Gasteiger charge is -2.29. The van der Waals surface area contributed by atoms with E-state index in [-0.39, 0.29) is 17.1 Å². The molecule has 0 aromatic heterocycles. The van der Waals surface area contributed by atoms with Gasteiger partial charge in [0.15, 0.2) is 5.78 Å². The zero-order valence-corrected chi connectivity index (χ0v) is 11.2. The number of phenolic OH excluding ortho intramolecular Hbond substituents is 1. The van der Waals surface area contributed by atoms with Gasteiger partial charge >= 0.3 is 0 Å². The van der Waals surface area contributed by atoms with E-state index >= 15 is 0 Å². The Morgan fingerprint density at radius 3 is 2.67 bits per heavy atom. The minimum absolute atomic E-state index is 0.0311. The number of aryl methyl sites for hydroxylation is 1. The average Bonchev–Trinajstić information content (AvgIpc) is 2.26. The fourth-order valence-corrected chi connectivity index (χ4v) is 2.23. The van der Waals surface area contributed by atoms with E-state index in [4.69, 9.17) is 4.74 Å². The van der Waals surface area contributed by atoms with Crippen molar-refractivity contribution in [1.29, 1.82) is 0 Å². The van der Waals surface area contributed by atoms with Crippen molar-refractivity contribution >= 4 is 11.9 Å². The third-order valence-corrected chi connectivity index (χ3v) is 3.14. The Kier molecular flexibility index (Phi) is 2.93. The van der Waals surface area contributed by atoms with Gasteiger partial charge in [0.05, 0.1) is 11.1 Å². The lowest BCUT2D eigenvalue weighted by molar-refractivity contribution is 0.101. The van der Waals surface area contributed by atoms with Crippen LogP contribution < -0.4 is 4.74 Å². The monoisotopic (exact) mass is 246 g/mol.